The topological polar surface area (TPSA) is 72.6 Å². The largest absolute Gasteiger partial charge is 0.462 e. The fraction of sp³-hybridized carbons (Fsp3) is 0.526. The van der Waals surface area contributed by atoms with Crippen molar-refractivity contribution in [3.63, 3.8) is 0 Å². The Balaban J connectivity index is 0.00000194. The number of piperazine rings is 1. The monoisotopic (exact) mass is 736 g/mol. The number of benzene rings is 2. The van der Waals surface area contributed by atoms with Crippen LogP contribution in [0.5, 0.6) is 6.01 Å². The Hall–Kier alpha value is -3.57. The minimum Gasteiger partial charge on any atom is -0.462 e. The van der Waals surface area contributed by atoms with E-state index in [1.807, 2.05) is 15.9 Å². The number of fused-ring (bicyclic) bond motifs is 2. The molecule has 276 valence electrons. The predicted octanol–water partition coefficient (Wildman–Crippen LogP) is 4.98. The third-order valence-corrected chi connectivity index (χ3v) is 10.4. The third-order valence-electron chi connectivity index (χ3n) is 10.4. The number of ether oxygens (including phenoxy) is 1. The maximum Gasteiger partial charge on any atom is 0.318 e. The Morgan fingerprint density at radius 2 is 1.82 bits per heavy atom. The van der Waals surface area contributed by atoms with Gasteiger partial charge < -0.3 is 29.2 Å². The molecule has 10 nitrogen and oxygen atoms in total. The molecule has 3 saturated heterocycles. The first-order valence-corrected chi connectivity index (χ1v) is 17.3. The summed E-state index contributed by atoms with van der Waals surface area (Å²) in [5.74, 6) is 0.760. The summed E-state index contributed by atoms with van der Waals surface area (Å²) in [6.07, 6.45) is 5.67. The summed E-state index contributed by atoms with van der Waals surface area (Å²) >= 11 is 0. The van der Waals surface area contributed by atoms with Crippen LogP contribution < -0.4 is 14.5 Å². The van der Waals surface area contributed by atoms with E-state index < -0.39 is 6.17 Å². The van der Waals surface area contributed by atoms with E-state index in [1.165, 1.54) is 22.0 Å². The van der Waals surface area contributed by atoms with E-state index in [0.717, 1.165) is 49.4 Å². The standard InChI is InChI=1S/C37H45FN8O2.CH4.2H2S/c1-26-8-4-9-27-10-5-12-33(35(26)27)44-17-14-31-32(24-44)40-37(48-25-29-11-6-15-42(29)3)41-36(31)45-18-19-46(30(23-45)20-39-2)34(47)13-7-16-43-21-28(38)22-43;;;/h4-5,7-10,12-13,28-30H,6,11,14-25H2,1,3H3;1H4;2*1H2/b13-7+;;;/t29-,30-;;;/m0.../s1. The van der Waals surface area contributed by atoms with Gasteiger partial charge in [-0.15, -0.1) is 0 Å². The summed E-state index contributed by atoms with van der Waals surface area (Å²) in [4.78, 5) is 37.8. The maximum absolute atomic E-state index is 13.3. The lowest BCUT2D eigenvalue weighted by molar-refractivity contribution is -0.128. The third kappa shape index (κ3) is 8.74. The molecule has 4 aliphatic rings. The van der Waals surface area contributed by atoms with Gasteiger partial charge in [-0.05, 0) is 56.8 Å². The fourth-order valence-electron chi connectivity index (χ4n) is 7.70. The molecule has 1 aromatic heterocycles. The Labute approximate surface area is 316 Å². The van der Waals surface area contributed by atoms with Gasteiger partial charge in [0.15, 0.2) is 0 Å². The molecule has 1 amide bonds. The molecule has 0 bridgehead atoms. The zero-order valence-corrected chi connectivity index (χ0v) is 31.0. The molecule has 7 rings (SSSR count). The molecule has 3 aromatic rings. The Morgan fingerprint density at radius 1 is 1.04 bits per heavy atom. The SMILES string of the molecule is C.S.S.[C-]#[N+]C[C@H]1CN(c2nc(OC[C@@H]3CCCN3C)nc3c2CCN(c2cccc4cccc(C)c24)C3)CCN1C(=O)/C=C/CN1CC(F)C1. The van der Waals surface area contributed by atoms with Gasteiger partial charge in [-0.1, -0.05) is 43.8 Å². The van der Waals surface area contributed by atoms with Gasteiger partial charge in [0.25, 0.3) is 0 Å². The van der Waals surface area contributed by atoms with Crippen molar-refractivity contribution >= 4 is 55.2 Å². The van der Waals surface area contributed by atoms with Gasteiger partial charge in [0.2, 0.25) is 12.5 Å². The number of hydrogen-bond acceptors (Lipinski definition) is 8. The molecule has 0 spiro atoms. The molecule has 2 aromatic carbocycles. The molecule has 0 N–H and O–H groups in total. The van der Waals surface area contributed by atoms with E-state index in [9.17, 15) is 9.18 Å². The van der Waals surface area contributed by atoms with E-state index in [1.54, 1.807) is 6.08 Å². The fourth-order valence-corrected chi connectivity index (χ4v) is 7.70. The summed E-state index contributed by atoms with van der Waals surface area (Å²) in [5, 5.41) is 2.50. The zero-order chi connectivity index (χ0) is 33.2. The van der Waals surface area contributed by atoms with Crippen molar-refractivity contribution in [3.8, 4) is 6.01 Å². The van der Waals surface area contributed by atoms with Crippen LogP contribution in [0.3, 0.4) is 0 Å². The number of amides is 1. The number of alkyl halides is 1. The molecule has 0 radical (unpaired) electrons. The second-order valence-corrected chi connectivity index (χ2v) is 13.7. The number of anilines is 2. The molecule has 51 heavy (non-hydrogen) atoms. The van der Waals surface area contributed by atoms with E-state index in [-0.39, 0.29) is 52.9 Å². The molecule has 3 fully saturated rings. The van der Waals surface area contributed by atoms with Crippen molar-refractivity contribution < 1.29 is 13.9 Å². The summed E-state index contributed by atoms with van der Waals surface area (Å²) in [5.41, 5.74) is 4.55. The van der Waals surface area contributed by atoms with Gasteiger partial charge in [-0.2, -0.15) is 37.0 Å². The van der Waals surface area contributed by atoms with Crippen LogP contribution in [0.15, 0.2) is 48.6 Å². The lowest BCUT2D eigenvalue weighted by Crippen LogP contribution is -2.56. The Morgan fingerprint density at radius 3 is 2.55 bits per heavy atom. The van der Waals surface area contributed by atoms with Gasteiger partial charge in [-0.25, -0.2) is 11.0 Å². The van der Waals surface area contributed by atoms with Crippen LogP contribution in [0.2, 0.25) is 0 Å². The number of rotatable bonds is 9. The number of aryl methyl sites for hydroxylation is 1. The van der Waals surface area contributed by atoms with Crippen molar-refractivity contribution in [2.75, 3.05) is 82.4 Å². The number of carbonyl (C=O) groups excluding carboxylic acids is 1. The molecule has 4 aliphatic heterocycles. The molecular weight excluding hydrogens is 684 g/mol. The summed E-state index contributed by atoms with van der Waals surface area (Å²) in [6, 6.07) is 13.4. The second kappa shape index (κ2) is 17.8. The average Bonchev–Trinajstić information content (AvgIpc) is 3.50. The number of aromatic nitrogens is 2. The number of hydrogen-bond donors (Lipinski definition) is 0. The minimum absolute atomic E-state index is 0. The molecule has 0 unspecified atom stereocenters. The van der Waals surface area contributed by atoms with Crippen molar-refractivity contribution in [2.24, 2.45) is 0 Å². The van der Waals surface area contributed by atoms with Crippen LogP contribution >= 0.6 is 27.0 Å². The maximum atomic E-state index is 13.3. The average molecular weight is 737 g/mol. The Bertz CT molecular complexity index is 1730. The highest BCUT2D eigenvalue weighted by Crippen LogP contribution is 2.36. The highest BCUT2D eigenvalue weighted by molar-refractivity contribution is 7.59. The molecule has 2 atom stereocenters. The number of likely N-dealkylation sites (N-methyl/N-ethyl adjacent to an activating group) is 1. The van der Waals surface area contributed by atoms with Gasteiger partial charge in [-0.3, -0.25) is 9.69 Å². The van der Waals surface area contributed by atoms with Crippen LogP contribution in [0.25, 0.3) is 15.6 Å². The first-order valence-electron chi connectivity index (χ1n) is 17.3. The molecule has 5 heterocycles. The molecule has 0 aliphatic carbocycles. The van der Waals surface area contributed by atoms with Crippen molar-refractivity contribution in [1.29, 1.82) is 0 Å². The van der Waals surface area contributed by atoms with Crippen molar-refractivity contribution in [1.82, 2.24) is 24.7 Å². The van der Waals surface area contributed by atoms with Gasteiger partial charge in [0, 0.05) is 74.6 Å². The number of likely N-dealkylation sites (tertiary alicyclic amines) is 2. The van der Waals surface area contributed by atoms with E-state index >= 15 is 0 Å². The van der Waals surface area contributed by atoms with Gasteiger partial charge in [0.1, 0.15) is 24.6 Å². The predicted molar refractivity (Wildman–Crippen MR) is 214 cm³/mol. The number of nitrogens with zero attached hydrogens (tertiary/aromatic N) is 8. The van der Waals surface area contributed by atoms with Crippen molar-refractivity contribution in [2.45, 2.75) is 58.4 Å². The highest BCUT2D eigenvalue weighted by atomic mass is 32.1. The Kier molecular flexibility index (Phi) is 14.0. The summed E-state index contributed by atoms with van der Waals surface area (Å²) in [6.45, 7) is 16.1. The molecular formula is C38H53FN8O2S2. The normalized spacial score (nSPS) is 20.9. The first kappa shape index (κ1) is 40.2. The van der Waals surface area contributed by atoms with Crippen LogP contribution in [-0.2, 0) is 17.8 Å². The van der Waals surface area contributed by atoms with Gasteiger partial charge >= 0.3 is 6.01 Å². The smallest absolute Gasteiger partial charge is 0.318 e. The molecule has 13 heteroatoms. The quantitative estimate of drug-likeness (QED) is 0.225. The van der Waals surface area contributed by atoms with Crippen LogP contribution in [-0.4, -0.2) is 121 Å². The van der Waals surface area contributed by atoms with Crippen LogP contribution in [0, 0.1) is 13.5 Å². The second-order valence-electron chi connectivity index (χ2n) is 13.7. The van der Waals surface area contributed by atoms with E-state index in [0.29, 0.717) is 64.5 Å². The number of carbonyl (C=O) groups is 1. The number of halogens is 1. The summed E-state index contributed by atoms with van der Waals surface area (Å²) < 4.78 is 19.5. The first-order chi connectivity index (χ1) is 23.4. The van der Waals surface area contributed by atoms with Gasteiger partial charge in [0.05, 0.1) is 12.2 Å². The lowest BCUT2D eigenvalue weighted by Gasteiger charge is -2.41. The van der Waals surface area contributed by atoms with Crippen LogP contribution in [0.1, 0.15) is 37.1 Å². The zero-order valence-electron chi connectivity index (χ0n) is 29.0. The van der Waals surface area contributed by atoms with Crippen molar-refractivity contribution in [3.05, 3.63) is 76.8 Å². The highest BCUT2D eigenvalue weighted by Gasteiger charge is 2.35. The van der Waals surface area contributed by atoms with E-state index in [2.05, 4.69) is 69.9 Å². The summed E-state index contributed by atoms with van der Waals surface area (Å²) in [7, 11) is 2.14. The minimum atomic E-state index is -0.766. The molecule has 0 saturated carbocycles. The van der Waals surface area contributed by atoms with E-state index in [4.69, 9.17) is 21.3 Å². The lowest BCUT2D eigenvalue weighted by atomic mass is 9.99. The van der Waals surface area contributed by atoms with Crippen LogP contribution in [0.4, 0.5) is 15.9 Å².